The van der Waals surface area contributed by atoms with Crippen LogP contribution in [0.2, 0.25) is 0 Å². The number of Topliss-reactive ketones (excluding diaryl/α,β-unsaturated/α-hetero) is 1. The lowest BCUT2D eigenvalue weighted by atomic mass is 10.0. The monoisotopic (exact) mass is 286 g/mol. The molecule has 0 saturated carbocycles. The lowest BCUT2D eigenvalue weighted by Crippen LogP contribution is -2.37. The second-order valence-corrected chi connectivity index (χ2v) is 5.08. The van der Waals surface area contributed by atoms with Crippen LogP contribution in [0.3, 0.4) is 0 Å². The fourth-order valence-corrected chi connectivity index (χ4v) is 2.31. The van der Waals surface area contributed by atoms with Crippen LogP contribution in [-0.2, 0) is 11.2 Å². The van der Waals surface area contributed by atoms with Crippen molar-refractivity contribution in [1.82, 2.24) is 0 Å². The predicted octanol–water partition coefficient (Wildman–Crippen LogP) is 3.09. The van der Waals surface area contributed by atoms with E-state index < -0.39 is 6.10 Å². The van der Waals surface area contributed by atoms with Gasteiger partial charge in [0.05, 0.1) is 0 Å². The van der Waals surface area contributed by atoms with Crippen LogP contribution in [0.4, 0.5) is 4.39 Å². The first-order valence-corrected chi connectivity index (χ1v) is 6.80. The summed E-state index contributed by atoms with van der Waals surface area (Å²) in [6.45, 7) is 2.04. The molecule has 0 bridgehead atoms. The highest BCUT2D eigenvalue weighted by atomic mass is 19.1. The number of ketones is 1. The van der Waals surface area contributed by atoms with Gasteiger partial charge in [0.2, 0.25) is 0 Å². The van der Waals surface area contributed by atoms with E-state index in [0.29, 0.717) is 17.1 Å². The molecule has 0 aliphatic carbocycles. The Morgan fingerprint density at radius 3 is 2.81 bits per heavy atom. The molecule has 3 rings (SSSR count). The van der Waals surface area contributed by atoms with Crippen LogP contribution in [-0.4, -0.2) is 18.5 Å². The highest BCUT2D eigenvalue weighted by Crippen LogP contribution is 2.31. The molecule has 0 radical (unpaired) electrons. The molecule has 1 heterocycles. The zero-order valence-electron chi connectivity index (χ0n) is 11.6. The van der Waals surface area contributed by atoms with Gasteiger partial charge >= 0.3 is 0 Å². The van der Waals surface area contributed by atoms with Gasteiger partial charge in [0.15, 0.2) is 23.4 Å². The van der Waals surface area contributed by atoms with Gasteiger partial charge in [0.1, 0.15) is 12.4 Å². The van der Waals surface area contributed by atoms with Gasteiger partial charge in [-0.25, -0.2) is 4.39 Å². The number of hydrogen-bond acceptors (Lipinski definition) is 3. The predicted molar refractivity (Wildman–Crippen MR) is 76.2 cm³/mol. The second-order valence-electron chi connectivity index (χ2n) is 5.08. The van der Waals surface area contributed by atoms with E-state index in [1.807, 2.05) is 19.1 Å². The number of benzene rings is 2. The molecule has 0 N–H and O–H groups in total. The maximum atomic E-state index is 13.3. The number of carbonyl (C=O) groups excluding carboxylic acids is 1. The molecule has 108 valence electrons. The average Bonchev–Trinajstić information content (AvgIpc) is 2.50. The van der Waals surface area contributed by atoms with Gasteiger partial charge < -0.3 is 9.47 Å². The van der Waals surface area contributed by atoms with Gasteiger partial charge in [-0.2, -0.15) is 0 Å². The lowest BCUT2D eigenvalue weighted by Gasteiger charge is -2.25. The number of carbonyl (C=O) groups is 1. The molecule has 1 unspecified atom stereocenters. The Hall–Kier alpha value is -2.36. The first kappa shape index (κ1) is 13.6. The molecule has 0 aromatic heterocycles. The van der Waals surface area contributed by atoms with E-state index >= 15 is 0 Å². The Bertz CT molecular complexity index is 681. The van der Waals surface area contributed by atoms with Crippen molar-refractivity contribution in [3.63, 3.8) is 0 Å². The van der Waals surface area contributed by atoms with Gasteiger partial charge in [0.25, 0.3) is 0 Å². The molecule has 0 saturated heterocycles. The van der Waals surface area contributed by atoms with Gasteiger partial charge in [-0.15, -0.1) is 0 Å². The summed E-state index contributed by atoms with van der Waals surface area (Å²) in [5, 5.41) is 0. The molecule has 1 aliphatic rings. The SMILES string of the molecule is Cc1ccc(F)cc1CC(=O)C1COc2ccccc2O1. The van der Waals surface area contributed by atoms with Crippen molar-refractivity contribution in [2.24, 2.45) is 0 Å². The third-order valence-corrected chi connectivity index (χ3v) is 3.54. The van der Waals surface area contributed by atoms with Crippen LogP contribution in [0.1, 0.15) is 11.1 Å². The highest BCUT2D eigenvalue weighted by Gasteiger charge is 2.27. The standard InChI is InChI=1S/C17H15FO3/c1-11-6-7-13(18)8-12(11)9-14(19)17-10-20-15-4-2-3-5-16(15)21-17/h2-8,17H,9-10H2,1H3. The van der Waals surface area contributed by atoms with Crippen molar-refractivity contribution in [1.29, 1.82) is 0 Å². The van der Waals surface area contributed by atoms with Gasteiger partial charge in [-0.05, 0) is 42.3 Å². The molecule has 1 atom stereocenters. The number of para-hydroxylation sites is 2. The van der Waals surface area contributed by atoms with Crippen LogP contribution >= 0.6 is 0 Å². The Morgan fingerprint density at radius 2 is 2.00 bits per heavy atom. The zero-order valence-corrected chi connectivity index (χ0v) is 11.6. The number of ether oxygens (including phenoxy) is 2. The van der Waals surface area contributed by atoms with E-state index in [4.69, 9.17) is 9.47 Å². The van der Waals surface area contributed by atoms with Gasteiger partial charge in [0, 0.05) is 6.42 Å². The first-order valence-electron chi connectivity index (χ1n) is 6.80. The van der Waals surface area contributed by atoms with Crippen LogP contribution in [0.5, 0.6) is 11.5 Å². The Labute approximate surface area is 122 Å². The van der Waals surface area contributed by atoms with Crippen molar-refractivity contribution in [2.75, 3.05) is 6.61 Å². The van der Waals surface area contributed by atoms with Crippen LogP contribution in [0.15, 0.2) is 42.5 Å². The largest absolute Gasteiger partial charge is 0.485 e. The van der Waals surface area contributed by atoms with Crippen LogP contribution in [0, 0.1) is 12.7 Å². The summed E-state index contributed by atoms with van der Waals surface area (Å²) in [4.78, 5) is 12.3. The molecule has 3 nitrogen and oxygen atoms in total. The molecule has 2 aromatic rings. The lowest BCUT2D eigenvalue weighted by molar-refractivity contribution is -0.127. The third kappa shape index (κ3) is 2.89. The minimum atomic E-state index is -0.650. The minimum absolute atomic E-state index is 0.113. The number of hydrogen-bond donors (Lipinski definition) is 0. The second kappa shape index (κ2) is 5.56. The Morgan fingerprint density at radius 1 is 1.24 bits per heavy atom. The van der Waals surface area contributed by atoms with E-state index in [-0.39, 0.29) is 24.6 Å². The van der Waals surface area contributed by atoms with Crippen LogP contribution in [0.25, 0.3) is 0 Å². The van der Waals surface area contributed by atoms with Crippen molar-refractivity contribution in [2.45, 2.75) is 19.4 Å². The molecule has 2 aromatic carbocycles. The first-order chi connectivity index (χ1) is 10.1. The molecule has 4 heteroatoms. The summed E-state index contributed by atoms with van der Waals surface area (Å²) in [6.07, 6.45) is -0.512. The number of rotatable bonds is 3. The van der Waals surface area contributed by atoms with E-state index in [1.165, 1.54) is 12.1 Å². The average molecular weight is 286 g/mol. The number of halogens is 1. The summed E-state index contributed by atoms with van der Waals surface area (Å²) in [5.74, 6) is 0.759. The smallest absolute Gasteiger partial charge is 0.191 e. The topological polar surface area (TPSA) is 35.5 Å². The molecule has 21 heavy (non-hydrogen) atoms. The van der Waals surface area contributed by atoms with Gasteiger partial charge in [-0.3, -0.25) is 4.79 Å². The summed E-state index contributed by atoms with van der Waals surface area (Å²) in [5.41, 5.74) is 1.57. The van der Waals surface area contributed by atoms with E-state index in [2.05, 4.69) is 0 Å². The minimum Gasteiger partial charge on any atom is -0.485 e. The maximum absolute atomic E-state index is 13.3. The molecule has 0 fully saturated rings. The highest BCUT2D eigenvalue weighted by molar-refractivity contribution is 5.86. The van der Waals surface area contributed by atoms with E-state index in [9.17, 15) is 9.18 Å². The fraction of sp³-hybridized carbons (Fsp3) is 0.235. The van der Waals surface area contributed by atoms with Crippen molar-refractivity contribution < 1.29 is 18.7 Å². The van der Waals surface area contributed by atoms with Crippen LogP contribution < -0.4 is 9.47 Å². The molecular weight excluding hydrogens is 271 g/mol. The molecule has 1 aliphatic heterocycles. The normalized spacial score (nSPS) is 16.6. The summed E-state index contributed by atoms with van der Waals surface area (Å²) < 4.78 is 24.5. The summed E-state index contributed by atoms with van der Waals surface area (Å²) >= 11 is 0. The summed E-state index contributed by atoms with van der Waals surface area (Å²) in [7, 11) is 0. The fourth-order valence-electron chi connectivity index (χ4n) is 2.31. The molecule has 0 spiro atoms. The van der Waals surface area contributed by atoms with Gasteiger partial charge in [-0.1, -0.05) is 18.2 Å². The molecule has 0 amide bonds. The van der Waals surface area contributed by atoms with Crippen molar-refractivity contribution in [3.8, 4) is 11.5 Å². The van der Waals surface area contributed by atoms with Crippen molar-refractivity contribution >= 4 is 5.78 Å². The van der Waals surface area contributed by atoms with Crippen molar-refractivity contribution in [3.05, 3.63) is 59.4 Å². The Balaban J connectivity index is 1.74. The quantitative estimate of drug-likeness (QED) is 0.870. The molecular formula is C17H15FO3. The summed E-state index contributed by atoms with van der Waals surface area (Å²) in [6, 6.07) is 11.7. The number of fused-ring (bicyclic) bond motifs is 1. The number of aryl methyl sites for hydroxylation is 1. The van der Waals surface area contributed by atoms with E-state index in [0.717, 1.165) is 5.56 Å². The maximum Gasteiger partial charge on any atom is 0.191 e. The zero-order chi connectivity index (χ0) is 14.8. The Kier molecular flexibility index (Phi) is 3.60. The third-order valence-electron chi connectivity index (χ3n) is 3.54. The van der Waals surface area contributed by atoms with E-state index in [1.54, 1.807) is 18.2 Å².